The fourth-order valence-corrected chi connectivity index (χ4v) is 15.9. The summed E-state index contributed by atoms with van der Waals surface area (Å²) in [5.74, 6) is 3.27. The minimum absolute atomic E-state index is 0.00258. The third-order valence-electron chi connectivity index (χ3n) is 22.7. The topological polar surface area (TPSA) is 257 Å². The molecule has 10 aliphatic heterocycles. The van der Waals surface area contributed by atoms with Crippen LogP contribution in [0.2, 0.25) is 0 Å². The van der Waals surface area contributed by atoms with Crippen molar-refractivity contribution in [2.45, 2.75) is 284 Å². The zero-order valence-corrected chi connectivity index (χ0v) is 55.1. The molecule has 0 amide bonds. The lowest BCUT2D eigenvalue weighted by molar-refractivity contribution is -0.151. The first-order valence-corrected chi connectivity index (χ1v) is 36.2. The highest BCUT2D eigenvalue weighted by atomic mass is 16.6. The summed E-state index contributed by atoms with van der Waals surface area (Å²) >= 11 is 0. The van der Waals surface area contributed by atoms with E-state index in [0.29, 0.717) is 162 Å². The number of fused-ring (bicyclic) bond motifs is 11. The van der Waals surface area contributed by atoms with Crippen molar-refractivity contribution in [1.29, 1.82) is 0 Å². The molecule has 18 fully saturated rings. The molecule has 8 aliphatic carbocycles. The SMILES string of the molecule is C1CC2CC1C1OC21.C1CCC2OC2C1.C=CC(=O)OCC1CO1.CC1(C2CCC3OC3(C)C2)CO1.O=C(CCCCC(=O)OCC1CCC2OC2C1)OCC1CCC2OC2C1.O=C(OCC1CCC2OC2C1)C1CCC2OC2C1.O=C(OCC1CO1)c1ccccc1. The maximum absolute atomic E-state index is 12.0. The normalized spacial score (nSPS) is 42.2. The molecule has 0 spiro atoms. The van der Waals surface area contributed by atoms with E-state index in [9.17, 15) is 24.0 Å². The summed E-state index contributed by atoms with van der Waals surface area (Å²) in [5, 5.41) is 0. The van der Waals surface area contributed by atoms with E-state index in [-0.39, 0.29) is 59.2 Å². The van der Waals surface area contributed by atoms with Gasteiger partial charge in [-0.2, -0.15) is 0 Å². The highest BCUT2D eigenvalue weighted by molar-refractivity contribution is 5.89. The smallest absolute Gasteiger partial charge is 0.338 e. The zero-order valence-electron chi connectivity index (χ0n) is 55.1. The van der Waals surface area contributed by atoms with E-state index in [1.807, 2.05) is 18.2 Å². The lowest BCUT2D eigenvalue weighted by atomic mass is 9.76. The molecule has 10 heterocycles. The molecule has 8 saturated carbocycles. The van der Waals surface area contributed by atoms with Crippen LogP contribution in [0.4, 0.5) is 0 Å². The molecule has 516 valence electrons. The summed E-state index contributed by atoms with van der Waals surface area (Å²) in [7, 11) is 0. The highest BCUT2D eigenvalue weighted by Gasteiger charge is 2.61. The van der Waals surface area contributed by atoms with Crippen LogP contribution < -0.4 is 0 Å². The van der Waals surface area contributed by atoms with Crippen LogP contribution in [-0.4, -0.2) is 185 Å². The summed E-state index contributed by atoms with van der Waals surface area (Å²) in [4.78, 5) is 57.3. The van der Waals surface area contributed by atoms with Crippen molar-refractivity contribution >= 4 is 29.8 Å². The molecule has 18 aliphatic rings. The van der Waals surface area contributed by atoms with Gasteiger partial charge in [0.2, 0.25) is 0 Å². The first-order chi connectivity index (χ1) is 45.2. The molecular weight excluding hydrogens is 1200 g/mol. The predicted molar refractivity (Wildman–Crippen MR) is 334 cm³/mol. The van der Waals surface area contributed by atoms with Crippen molar-refractivity contribution in [3.8, 4) is 0 Å². The number of carbonyl (C=O) groups excluding carboxylic acids is 5. The molecule has 10 saturated heterocycles. The standard InChI is InChI=1S/C20H30O6.C14H20O4.C10H10O3.C10H16O2.C7H10O.C6H8O3.C6H10O/c21-19(23-11-13-5-7-15-17(9-13)25-15)3-1-2-4-20(22)24-12-14-6-8-16-18(10-14)26-16;15-14(9-2-4-11-13(6-9)18-11)16-7-8-1-3-10-12(5-8)17-10;11-10(13-7-9-6-12-9)8-4-2-1-3-5-8;1-9-5-7(10(2)6-11-10)3-4-8(9)12-9;1-2-5-3-4(1)6-7(5)8-6;1-2-6(7)9-4-5-3-8-5;1-2-4-6-5(3-1)7-6/h13-18H,1-12H2;8-13H,1-7H2;1-5,9H,6-7H2;7-8H,3-6H2,1-2H3;4-7H,1-3H2;2,5H,1,3-4H2;5-6H,1-4H2. The molecule has 20 heteroatoms. The minimum Gasteiger partial charge on any atom is -0.465 e. The van der Waals surface area contributed by atoms with Gasteiger partial charge in [-0.3, -0.25) is 14.4 Å². The maximum Gasteiger partial charge on any atom is 0.338 e. The van der Waals surface area contributed by atoms with Crippen molar-refractivity contribution in [2.75, 3.05) is 52.9 Å². The van der Waals surface area contributed by atoms with Crippen molar-refractivity contribution in [2.24, 2.45) is 41.4 Å². The van der Waals surface area contributed by atoms with E-state index in [1.54, 1.807) is 12.1 Å². The van der Waals surface area contributed by atoms with Gasteiger partial charge in [-0.05, 0) is 203 Å². The molecule has 24 atom stereocenters. The second kappa shape index (κ2) is 30.8. The number of ether oxygens (including phenoxy) is 15. The van der Waals surface area contributed by atoms with Gasteiger partial charge in [0.05, 0.1) is 142 Å². The Labute approximate surface area is 549 Å². The third-order valence-corrected chi connectivity index (χ3v) is 22.7. The summed E-state index contributed by atoms with van der Waals surface area (Å²) in [6.07, 6.45) is 37.0. The van der Waals surface area contributed by atoms with Crippen molar-refractivity contribution in [1.82, 2.24) is 0 Å². The van der Waals surface area contributed by atoms with Gasteiger partial charge in [0.1, 0.15) is 25.4 Å². The average Bonchev–Trinajstić information content (AvgIpc) is 1.58. The van der Waals surface area contributed by atoms with E-state index in [4.69, 9.17) is 66.3 Å². The Bertz CT molecular complexity index is 2610. The van der Waals surface area contributed by atoms with Gasteiger partial charge in [0.15, 0.2) is 0 Å². The van der Waals surface area contributed by atoms with Crippen LogP contribution in [0.1, 0.15) is 191 Å². The number of carbonyl (C=O) groups is 5. The van der Waals surface area contributed by atoms with E-state index in [2.05, 4.69) is 25.2 Å². The van der Waals surface area contributed by atoms with Gasteiger partial charge in [-0.1, -0.05) is 37.6 Å². The van der Waals surface area contributed by atoms with E-state index >= 15 is 0 Å². The molecule has 19 rings (SSSR count). The fourth-order valence-electron chi connectivity index (χ4n) is 15.9. The number of hydrogen-bond acceptors (Lipinski definition) is 20. The minimum atomic E-state index is -0.384. The van der Waals surface area contributed by atoms with Crippen LogP contribution in [0, 0.1) is 41.4 Å². The average molecular weight is 1300 g/mol. The van der Waals surface area contributed by atoms with Crippen LogP contribution in [0.15, 0.2) is 43.0 Å². The van der Waals surface area contributed by atoms with Crippen LogP contribution in [-0.2, 0) is 90.2 Å². The largest absolute Gasteiger partial charge is 0.465 e. The lowest BCUT2D eigenvalue weighted by Crippen LogP contribution is -2.31. The fraction of sp³-hybridized carbons (Fsp3) is 0.822. The molecule has 24 unspecified atom stereocenters. The van der Waals surface area contributed by atoms with Gasteiger partial charge >= 0.3 is 29.8 Å². The van der Waals surface area contributed by atoms with Crippen LogP contribution >= 0.6 is 0 Å². The Kier molecular flexibility index (Phi) is 22.3. The third kappa shape index (κ3) is 20.5. The molecule has 93 heavy (non-hydrogen) atoms. The zero-order chi connectivity index (χ0) is 64.1. The van der Waals surface area contributed by atoms with E-state index in [1.165, 1.54) is 64.2 Å². The Balaban J connectivity index is 0.000000103. The Hall–Kier alpha value is -4.09. The number of rotatable bonds is 19. The molecule has 2 bridgehead atoms. The van der Waals surface area contributed by atoms with E-state index in [0.717, 1.165) is 120 Å². The first-order valence-electron chi connectivity index (χ1n) is 36.2. The van der Waals surface area contributed by atoms with E-state index < -0.39 is 0 Å². The quantitative estimate of drug-likeness (QED) is 0.0410. The monoisotopic (exact) mass is 1300 g/mol. The van der Waals surface area contributed by atoms with Crippen LogP contribution in [0.3, 0.4) is 0 Å². The lowest BCUT2D eigenvalue weighted by Gasteiger charge is -2.26. The number of epoxide rings is 10. The molecule has 0 aromatic heterocycles. The number of esters is 5. The number of benzene rings is 1. The van der Waals surface area contributed by atoms with Crippen molar-refractivity contribution < 1.29 is 95.0 Å². The molecule has 0 radical (unpaired) electrons. The number of unbranched alkanes of at least 4 members (excludes halogenated alkanes) is 1. The molecule has 20 nitrogen and oxygen atoms in total. The van der Waals surface area contributed by atoms with Crippen LogP contribution in [0.5, 0.6) is 0 Å². The molecule has 1 aromatic rings. The maximum atomic E-state index is 12.0. The highest BCUT2D eigenvalue weighted by Crippen LogP contribution is 2.57. The van der Waals surface area contributed by atoms with Gasteiger partial charge < -0.3 is 71.1 Å². The van der Waals surface area contributed by atoms with Crippen molar-refractivity contribution in [3.05, 3.63) is 48.6 Å². The Morgan fingerprint density at radius 1 is 0.505 bits per heavy atom. The second-order valence-electron chi connectivity index (χ2n) is 30.2. The summed E-state index contributed by atoms with van der Waals surface area (Å²) in [5.41, 5.74) is 1.04. The van der Waals surface area contributed by atoms with Gasteiger partial charge in [-0.15, -0.1) is 0 Å². The Morgan fingerprint density at radius 2 is 0.989 bits per heavy atom. The predicted octanol–water partition coefficient (Wildman–Crippen LogP) is 10.0. The second-order valence-corrected chi connectivity index (χ2v) is 30.2. The summed E-state index contributed by atoms with van der Waals surface area (Å²) < 4.78 is 79.4. The summed E-state index contributed by atoms with van der Waals surface area (Å²) in [6.45, 7) is 12.5. The molecular formula is C73H104O20. The van der Waals surface area contributed by atoms with Crippen LogP contribution in [0.25, 0.3) is 0 Å². The molecule has 0 N–H and O–H groups in total. The first kappa shape index (κ1) is 67.5. The van der Waals surface area contributed by atoms with Gasteiger partial charge in [0, 0.05) is 18.9 Å². The number of hydrogen-bond donors (Lipinski definition) is 0. The summed E-state index contributed by atoms with van der Waals surface area (Å²) in [6, 6.07) is 8.95. The van der Waals surface area contributed by atoms with Gasteiger partial charge in [0.25, 0.3) is 0 Å². The van der Waals surface area contributed by atoms with Gasteiger partial charge in [-0.25, -0.2) is 9.59 Å². The van der Waals surface area contributed by atoms with Crippen molar-refractivity contribution in [3.63, 3.8) is 0 Å². The Morgan fingerprint density at radius 3 is 1.44 bits per heavy atom. The molecule has 1 aromatic carbocycles.